The Morgan fingerprint density at radius 1 is 0.500 bits per heavy atom. The average Bonchev–Trinajstić information content (AvgIpc) is 3.18. The van der Waals surface area contributed by atoms with Gasteiger partial charge in [0.25, 0.3) is 0 Å². The van der Waals surface area contributed by atoms with Gasteiger partial charge in [-0.05, 0) is 84.6 Å². The number of carbonyl (C=O) groups excluding carboxylic acids is 1. The second kappa shape index (κ2) is 28.9. The summed E-state index contributed by atoms with van der Waals surface area (Å²) in [5, 5.41) is 0. The molecule has 0 unspecified atom stereocenters. The molecule has 0 atom stereocenters. The van der Waals surface area contributed by atoms with Crippen molar-refractivity contribution in [2.24, 2.45) is 4.99 Å². The molecule has 0 fully saturated rings. The topological polar surface area (TPSA) is 57.1 Å². The van der Waals surface area contributed by atoms with Gasteiger partial charge in [-0.3, -0.25) is 4.99 Å². The van der Waals surface area contributed by atoms with Gasteiger partial charge in [-0.2, -0.15) is 0 Å². The van der Waals surface area contributed by atoms with E-state index in [4.69, 9.17) is 14.2 Å². The van der Waals surface area contributed by atoms with E-state index in [2.05, 4.69) is 18.8 Å². The van der Waals surface area contributed by atoms with Gasteiger partial charge in [0.15, 0.2) is 0 Å². The summed E-state index contributed by atoms with van der Waals surface area (Å²) in [4.78, 5) is 17.1. The van der Waals surface area contributed by atoms with Crippen LogP contribution in [0.2, 0.25) is 0 Å². The zero-order valence-electron chi connectivity index (χ0n) is 32.8. The van der Waals surface area contributed by atoms with E-state index in [-0.39, 0.29) is 5.97 Å². The molecular formula is C47H69NO4. The lowest BCUT2D eigenvalue weighted by Crippen LogP contribution is -2.06. The number of hydrogen-bond donors (Lipinski definition) is 0. The fourth-order valence-corrected chi connectivity index (χ4v) is 6.30. The lowest BCUT2D eigenvalue weighted by atomic mass is 10.0. The summed E-state index contributed by atoms with van der Waals surface area (Å²) in [5.41, 5.74) is 3.47. The van der Waals surface area contributed by atoms with Crippen LogP contribution in [0.3, 0.4) is 0 Å². The van der Waals surface area contributed by atoms with Crippen molar-refractivity contribution in [2.45, 2.75) is 162 Å². The quantitative estimate of drug-likeness (QED) is 0.0379. The van der Waals surface area contributed by atoms with Gasteiger partial charge in [0.1, 0.15) is 18.1 Å². The first-order valence-electron chi connectivity index (χ1n) is 20.9. The summed E-state index contributed by atoms with van der Waals surface area (Å²) < 4.78 is 17.4. The molecule has 0 N–H and O–H groups in total. The number of carbonyl (C=O) groups is 1. The highest BCUT2D eigenvalue weighted by Gasteiger charge is 2.07. The summed E-state index contributed by atoms with van der Waals surface area (Å²) in [6, 6.07) is 23.4. The van der Waals surface area contributed by atoms with Gasteiger partial charge in [0.05, 0.1) is 24.5 Å². The molecule has 0 aliphatic heterocycles. The molecule has 3 aromatic rings. The van der Waals surface area contributed by atoms with Gasteiger partial charge in [-0.15, -0.1) is 0 Å². The van der Waals surface area contributed by atoms with E-state index in [1.807, 2.05) is 79.0 Å². The summed E-state index contributed by atoms with van der Waals surface area (Å²) >= 11 is 0. The second-order valence-corrected chi connectivity index (χ2v) is 14.4. The SMILES string of the molecule is CCCCCCCCCCCCCCCCOC(=O)c1ccc(COc2ccc(C=Nc3ccc(OCCCCCCCCCC)cc3)cc2)cc1. The highest BCUT2D eigenvalue weighted by molar-refractivity contribution is 5.89. The minimum Gasteiger partial charge on any atom is -0.494 e. The lowest BCUT2D eigenvalue weighted by Gasteiger charge is -2.08. The first kappa shape index (κ1) is 42.8. The van der Waals surface area contributed by atoms with Crippen LogP contribution >= 0.6 is 0 Å². The highest BCUT2D eigenvalue weighted by Crippen LogP contribution is 2.20. The third-order valence-corrected chi connectivity index (χ3v) is 9.67. The Balaban J connectivity index is 1.21. The molecular weight excluding hydrogens is 643 g/mol. The largest absolute Gasteiger partial charge is 0.494 e. The van der Waals surface area contributed by atoms with E-state index in [1.165, 1.54) is 122 Å². The van der Waals surface area contributed by atoms with Crippen molar-refractivity contribution in [2.75, 3.05) is 13.2 Å². The molecule has 0 aromatic heterocycles. The maximum absolute atomic E-state index is 12.5. The van der Waals surface area contributed by atoms with Crippen LogP contribution in [-0.2, 0) is 11.3 Å². The number of hydrogen-bond acceptors (Lipinski definition) is 5. The molecule has 0 aliphatic carbocycles. The van der Waals surface area contributed by atoms with E-state index in [1.54, 1.807) is 0 Å². The maximum Gasteiger partial charge on any atom is 0.338 e. The molecule has 0 radical (unpaired) electrons. The zero-order valence-corrected chi connectivity index (χ0v) is 32.8. The Bertz CT molecular complexity index is 1320. The van der Waals surface area contributed by atoms with Crippen molar-refractivity contribution in [3.63, 3.8) is 0 Å². The standard InChI is InChI=1S/C47H69NO4/c1-3-5-7-9-11-13-14-15-16-17-18-20-22-24-38-51-47(49)43-29-25-42(26-30-43)40-52-46-33-27-41(28-34-46)39-48-44-31-35-45(36-32-44)50-37-23-21-19-12-10-8-6-4-2/h25-36,39H,3-24,37-38,40H2,1-2H3. The third kappa shape index (κ3) is 20.4. The number of benzene rings is 3. The van der Waals surface area contributed by atoms with Crippen LogP contribution in [0.5, 0.6) is 11.5 Å². The molecule has 3 aromatic carbocycles. The number of nitrogens with zero attached hydrogens (tertiary/aromatic N) is 1. The molecule has 0 heterocycles. The number of unbranched alkanes of at least 4 members (excludes halogenated alkanes) is 20. The fourth-order valence-electron chi connectivity index (χ4n) is 6.30. The van der Waals surface area contributed by atoms with E-state index >= 15 is 0 Å². The number of ether oxygens (including phenoxy) is 3. The minimum atomic E-state index is -0.252. The van der Waals surface area contributed by atoms with Crippen molar-refractivity contribution in [3.05, 3.63) is 89.5 Å². The predicted molar refractivity (Wildman–Crippen MR) is 220 cm³/mol. The number of esters is 1. The number of rotatable bonds is 31. The van der Waals surface area contributed by atoms with Gasteiger partial charge >= 0.3 is 5.97 Å². The predicted octanol–water partition coefficient (Wildman–Crippen LogP) is 14.2. The first-order valence-corrected chi connectivity index (χ1v) is 20.9. The van der Waals surface area contributed by atoms with Crippen LogP contribution in [-0.4, -0.2) is 25.4 Å². The highest BCUT2D eigenvalue weighted by atomic mass is 16.5. The van der Waals surface area contributed by atoms with E-state index < -0.39 is 0 Å². The lowest BCUT2D eigenvalue weighted by molar-refractivity contribution is 0.0497. The molecule has 5 heteroatoms. The Labute approximate surface area is 317 Å². The third-order valence-electron chi connectivity index (χ3n) is 9.67. The smallest absolute Gasteiger partial charge is 0.338 e. The van der Waals surface area contributed by atoms with E-state index in [0.717, 1.165) is 54.2 Å². The summed E-state index contributed by atoms with van der Waals surface area (Å²) in [6.07, 6.45) is 30.7. The molecule has 3 rings (SSSR count). The normalized spacial score (nSPS) is 11.3. The van der Waals surface area contributed by atoms with Crippen LogP contribution in [0, 0.1) is 0 Å². The molecule has 0 aliphatic rings. The molecule has 0 bridgehead atoms. The maximum atomic E-state index is 12.5. The molecule has 0 spiro atoms. The minimum absolute atomic E-state index is 0.252. The molecule has 0 saturated heterocycles. The van der Waals surface area contributed by atoms with Gasteiger partial charge < -0.3 is 14.2 Å². The Hall–Kier alpha value is -3.60. The van der Waals surface area contributed by atoms with Crippen LogP contribution in [0.4, 0.5) is 5.69 Å². The van der Waals surface area contributed by atoms with Gasteiger partial charge in [-0.1, -0.05) is 154 Å². The van der Waals surface area contributed by atoms with Crippen molar-refractivity contribution >= 4 is 17.9 Å². The van der Waals surface area contributed by atoms with Gasteiger partial charge in [0.2, 0.25) is 0 Å². The van der Waals surface area contributed by atoms with Crippen LogP contribution in [0.15, 0.2) is 77.8 Å². The average molecular weight is 712 g/mol. The number of aliphatic imine (C=N–C) groups is 1. The zero-order chi connectivity index (χ0) is 36.7. The first-order chi connectivity index (χ1) is 25.7. The fraction of sp³-hybridized carbons (Fsp3) is 0.574. The van der Waals surface area contributed by atoms with Crippen molar-refractivity contribution in [3.8, 4) is 11.5 Å². The summed E-state index contributed by atoms with van der Waals surface area (Å²) in [5.74, 6) is 1.43. The summed E-state index contributed by atoms with van der Waals surface area (Å²) in [6.45, 7) is 6.22. The van der Waals surface area contributed by atoms with E-state index in [0.29, 0.717) is 18.8 Å². The van der Waals surface area contributed by atoms with Crippen molar-refractivity contribution in [1.82, 2.24) is 0 Å². The second-order valence-electron chi connectivity index (χ2n) is 14.4. The molecule has 52 heavy (non-hydrogen) atoms. The van der Waals surface area contributed by atoms with Crippen LogP contribution in [0.1, 0.15) is 177 Å². The molecule has 0 saturated carbocycles. The monoisotopic (exact) mass is 712 g/mol. The van der Waals surface area contributed by atoms with Crippen molar-refractivity contribution in [1.29, 1.82) is 0 Å². The molecule has 0 amide bonds. The van der Waals surface area contributed by atoms with Crippen molar-refractivity contribution < 1.29 is 19.0 Å². The molecule has 5 nitrogen and oxygen atoms in total. The van der Waals surface area contributed by atoms with Crippen LogP contribution in [0.25, 0.3) is 0 Å². The van der Waals surface area contributed by atoms with E-state index in [9.17, 15) is 4.79 Å². The van der Waals surface area contributed by atoms with Crippen LogP contribution < -0.4 is 9.47 Å². The van der Waals surface area contributed by atoms with Gasteiger partial charge in [0, 0.05) is 6.21 Å². The van der Waals surface area contributed by atoms with Gasteiger partial charge in [-0.25, -0.2) is 4.79 Å². The Morgan fingerprint density at radius 2 is 0.942 bits per heavy atom. The Morgan fingerprint density at radius 3 is 1.46 bits per heavy atom. The molecule has 286 valence electrons. The Kier molecular flexibility index (Phi) is 23.8. The summed E-state index contributed by atoms with van der Waals surface area (Å²) in [7, 11) is 0.